The number of fused-ring (bicyclic) bond motifs is 1. The molecule has 1 aromatic rings. The second kappa shape index (κ2) is 11.2. The summed E-state index contributed by atoms with van der Waals surface area (Å²) in [5, 5.41) is 24.7. The Bertz CT molecular complexity index is 1020. The monoisotopic (exact) mass is 537 g/mol. The topological polar surface area (TPSA) is 109 Å². The Hall–Kier alpha value is -1.68. The predicted octanol–water partition coefficient (Wildman–Crippen LogP) is 4.92. The fourth-order valence-corrected chi connectivity index (χ4v) is 6.63. The standard InChI is InChI=1S/C28H40FNO6S/c1-5-19-25(33)16(2)8-6-9-27(4)23(36-27)13-21(20(29)12-18-15-37-17(3)30-18)35-24(32)14-22(31)28(26(19)34)10-7-11-28/h12,15-16,19,21-23,25,31,33H,5-11,13-14H2,1-4H3/b20-12-/t16-,19+,21-,22+,23?,25-,27?/m0/s1. The van der Waals surface area contributed by atoms with Crippen LogP contribution >= 0.6 is 11.3 Å². The van der Waals surface area contributed by atoms with Crippen LogP contribution in [0.1, 0.15) is 89.3 Å². The van der Waals surface area contributed by atoms with Crippen molar-refractivity contribution in [1.82, 2.24) is 4.98 Å². The van der Waals surface area contributed by atoms with Crippen molar-refractivity contribution in [2.75, 3.05) is 0 Å². The smallest absolute Gasteiger partial charge is 0.309 e. The van der Waals surface area contributed by atoms with Gasteiger partial charge in [-0.2, -0.15) is 0 Å². The number of ketones is 1. The maximum absolute atomic E-state index is 15.4. The molecule has 0 amide bonds. The molecule has 0 bridgehead atoms. The third-order valence-corrected chi connectivity index (χ3v) is 9.60. The first-order chi connectivity index (χ1) is 17.5. The predicted molar refractivity (Wildman–Crippen MR) is 138 cm³/mol. The molecule has 0 radical (unpaired) electrons. The third kappa shape index (κ3) is 6.00. The van der Waals surface area contributed by atoms with Gasteiger partial charge in [-0.05, 0) is 57.9 Å². The van der Waals surface area contributed by atoms with Crippen LogP contribution in [0.25, 0.3) is 6.08 Å². The summed E-state index contributed by atoms with van der Waals surface area (Å²) in [4.78, 5) is 30.9. The SMILES string of the molecule is CC[C@H]1C(=O)C2(CCC2)[C@H](O)CC(=O)O[C@H](/C(F)=C/c2csc(C)n2)CC2OC2(C)CCC[C@H](C)[C@@H]1O. The zero-order valence-corrected chi connectivity index (χ0v) is 23.1. The highest BCUT2D eigenvalue weighted by Gasteiger charge is 2.55. The van der Waals surface area contributed by atoms with Crippen molar-refractivity contribution < 1.29 is 33.7 Å². The van der Waals surface area contributed by atoms with Gasteiger partial charge < -0.3 is 19.7 Å². The van der Waals surface area contributed by atoms with Crippen molar-refractivity contribution in [1.29, 1.82) is 0 Å². The van der Waals surface area contributed by atoms with Gasteiger partial charge in [0, 0.05) is 17.7 Å². The summed E-state index contributed by atoms with van der Waals surface area (Å²) in [6, 6.07) is 0. The first-order valence-electron chi connectivity index (χ1n) is 13.6. The van der Waals surface area contributed by atoms with E-state index in [-0.39, 0.29) is 24.2 Å². The Labute approximate surface area is 222 Å². The molecule has 0 aromatic carbocycles. The van der Waals surface area contributed by atoms with Gasteiger partial charge in [0.05, 0.1) is 46.5 Å². The van der Waals surface area contributed by atoms with E-state index in [2.05, 4.69) is 4.98 Å². The van der Waals surface area contributed by atoms with E-state index >= 15 is 4.39 Å². The maximum Gasteiger partial charge on any atom is 0.309 e. The van der Waals surface area contributed by atoms with E-state index in [1.54, 1.807) is 5.38 Å². The van der Waals surface area contributed by atoms with Gasteiger partial charge in [-0.3, -0.25) is 9.59 Å². The van der Waals surface area contributed by atoms with Crippen molar-refractivity contribution in [2.24, 2.45) is 17.3 Å². The molecule has 2 aliphatic heterocycles. The van der Waals surface area contributed by atoms with E-state index in [0.29, 0.717) is 25.0 Å². The number of hydrogen-bond acceptors (Lipinski definition) is 8. The van der Waals surface area contributed by atoms with Gasteiger partial charge in [0.25, 0.3) is 0 Å². The summed E-state index contributed by atoms with van der Waals surface area (Å²) in [6.45, 7) is 7.62. The highest BCUT2D eigenvalue weighted by molar-refractivity contribution is 7.09. The third-order valence-electron chi connectivity index (χ3n) is 8.81. The summed E-state index contributed by atoms with van der Waals surface area (Å²) >= 11 is 1.40. The molecule has 1 aliphatic carbocycles. The minimum absolute atomic E-state index is 0.100. The molecule has 9 heteroatoms. The number of thiazole rings is 1. The summed E-state index contributed by atoms with van der Waals surface area (Å²) < 4.78 is 26.9. The molecular weight excluding hydrogens is 497 g/mol. The van der Waals surface area contributed by atoms with Crippen LogP contribution in [0.4, 0.5) is 4.39 Å². The number of aliphatic hydroxyl groups excluding tert-OH is 2. The number of nitrogens with zero attached hydrogens (tertiary/aromatic N) is 1. The van der Waals surface area contributed by atoms with Crippen LogP contribution in [0.15, 0.2) is 11.2 Å². The summed E-state index contributed by atoms with van der Waals surface area (Å²) in [6.07, 6.45) is 1.91. The zero-order chi connectivity index (χ0) is 27.0. The van der Waals surface area contributed by atoms with E-state index < -0.39 is 53.5 Å². The average Bonchev–Trinajstić information content (AvgIpc) is 3.24. The number of aromatic nitrogens is 1. The fraction of sp³-hybridized carbons (Fsp3) is 0.750. The van der Waals surface area contributed by atoms with Crippen molar-refractivity contribution in [3.63, 3.8) is 0 Å². The molecule has 2 N–H and O–H groups in total. The molecule has 1 spiro atoms. The van der Waals surface area contributed by atoms with E-state index in [0.717, 1.165) is 30.7 Å². The number of esters is 1. The second-order valence-electron chi connectivity index (χ2n) is 11.4. The van der Waals surface area contributed by atoms with Crippen LogP contribution < -0.4 is 0 Å². The van der Waals surface area contributed by atoms with Gasteiger partial charge in [0.15, 0.2) is 6.10 Å². The number of Topliss-reactive ketones (excluding diaryl/α,β-unsaturated/α-hetero) is 1. The Morgan fingerprint density at radius 1 is 1.27 bits per heavy atom. The maximum atomic E-state index is 15.4. The number of ether oxygens (including phenoxy) is 2. The molecule has 7 nitrogen and oxygen atoms in total. The van der Waals surface area contributed by atoms with E-state index in [1.165, 1.54) is 17.4 Å². The normalized spacial score (nSPS) is 37.5. The number of aryl methyl sites for hydroxylation is 1. The van der Waals surface area contributed by atoms with Crippen LogP contribution in [-0.2, 0) is 19.1 Å². The van der Waals surface area contributed by atoms with E-state index in [1.807, 2.05) is 27.7 Å². The lowest BCUT2D eigenvalue weighted by Crippen LogP contribution is -2.53. The lowest BCUT2D eigenvalue weighted by atomic mass is 9.58. The Morgan fingerprint density at radius 3 is 2.59 bits per heavy atom. The van der Waals surface area contributed by atoms with Gasteiger partial charge in [-0.15, -0.1) is 11.3 Å². The second-order valence-corrected chi connectivity index (χ2v) is 12.5. The van der Waals surface area contributed by atoms with Crippen LogP contribution in [0.2, 0.25) is 0 Å². The van der Waals surface area contributed by atoms with Gasteiger partial charge in [-0.25, -0.2) is 9.37 Å². The molecule has 3 fully saturated rings. The molecule has 206 valence electrons. The highest BCUT2D eigenvalue weighted by atomic mass is 32.1. The van der Waals surface area contributed by atoms with Crippen LogP contribution in [-0.4, -0.2) is 57.0 Å². The van der Waals surface area contributed by atoms with Crippen LogP contribution in [0.5, 0.6) is 0 Å². The van der Waals surface area contributed by atoms with Crippen molar-refractivity contribution in [3.8, 4) is 0 Å². The highest BCUT2D eigenvalue weighted by Crippen LogP contribution is 2.49. The molecular formula is C28H40FNO6S. The summed E-state index contributed by atoms with van der Waals surface area (Å²) in [5.41, 5.74) is -1.07. The fourth-order valence-electron chi connectivity index (χ4n) is 6.06. The van der Waals surface area contributed by atoms with Crippen molar-refractivity contribution >= 4 is 29.2 Å². The minimum atomic E-state index is -1.25. The number of aliphatic hydroxyl groups is 2. The van der Waals surface area contributed by atoms with Crippen LogP contribution in [0, 0.1) is 24.2 Å². The number of carbonyl (C=O) groups is 2. The molecule has 1 aromatic heterocycles. The largest absolute Gasteiger partial charge is 0.455 e. The Balaban J connectivity index is 1.59. The molecule has 4 rings (SSSR count). The molecule has 37 heavy (non-hydrogen) atoms. The number of cyclic esters (lactones) is 1. The van der Waals surface area contributed by atoms with Gasteiger partial charge in [0.1, 0.15) is 11.6 Å². The number of rotatable bonds is 3. The van der Waals surface area contributed by atoms with E-state index in [9.17, 15) is 19.8 Å². The number of epoxide rings is 1. The van der Waals surface area contributed by atoms with Crippen LogP contribution in [0.3, 0.4) is 0 Å². The molecule has 3 heterocycles. The first kappa shape index (κ1) is 28.3. The lowest BCUT2D eigenvalue weighted by Gasteiger charge is -2.46. The summed E-state index contributed by atoms with van der Waals surface area (Å²) in [5.74, 6) is -2.26. The molecule has 3 aliphatic rings. The number of hydrogen-bond donors (Lipinski definition) is 2. The van der Waals surface area contributed by atoms with Gasteiger partial charge >= 0.3 is 5.97 Å². The van der Waals surface area contributed by atoms with Gasteiger partial charge in [-0.1, -0.05) is 26.7 Å². The molecule has 7 atom stereocenters. The summed E-state index contributed by atoms with van der Waals surface area (Å²) in [7, 11) is 0. The van der Waals surface area contributed by atoms with Gasteiger partial charge in [0.2, 0.25) is 0 Å². The van der Waals surface area contributed by atoms with Crippen molar-refractivity contribution in [3.05, 3.63) is 21.9 Å². The molecule has 2 saturated heterocycles. The first-order valence-corrected chi connectivity index (χ1v) is 14.4. The van der Waals surface area contributed by atoms with E-state index in [4.69, 9.17) is 9.47 Å². The Morgan fingerprint density at radius 2 is 2.00 bits per heavy atom. The zero-order valence-electron chi connectivity index (χ0n) is 22.2. The number of halogens is 1. The van der Waals surface area contributed by atoms with Crippen molar-refractivity contribution in [2.45, 2.75) is 115 Å². The number of carbonyl (C=O) groups excluding carboxylic acids is 2. The Kier molecular flexibility index (Phi) is 8.58. The molecule has 2 unspecified atom stereocenters. The average molecular weight is 538 g/mol. The molecule has 1 saturated carbocycles. The minimum Gasteiger partial charge on any atom is -0.455 e. The quantitative estimate of drug-likeness (QED) is 0.416. The lowest BCUT2D eigenvalue weighted by molar-refractivity contribution is -0.162.